The molecule has 144 valence electrons. The second kappa shape index (κ2) is 7.66. The van der Waals surface area contributed by atoms with E-state index in [9.17, 15) is 9.59 Å². The number of anilines is 1. The summed E-state index contributed by atoms with van der Waals surface area (Å²) >= 11 is 11.2. The van der Waals surface area contributed by atoms with Crippen molar-refractivity contribution in [1.29, 1.82) is 0 Å². The summed E-state index contributed by atoms with van der Waals surface area (Å²) in [6, 6.07) is 17.9. The predicted octanol–water partition coefficient (Wildman–Crippen LogP) is 4.33. The van der Waals surface area contributed by atoms with Gasteiger partial charge in [0.05, 0.1) is 12.8 Å². The summed E-state index contributed by atoms with van der Waals surface area (Å²) in [5.41, 5.74) is 1.24. The molecule has 1 aliphatic heterocycles. The van der Waals surface area contributed by atoms with Crippen LogP contribution in [0.3, 0.4) is 0 Å². The molecule has 0 saturated carbocycles. The average molecular weight is 423 g/mol. The van der Waals surface area contributed by atoms with Gasteiger partial charge in [-0.2, -0.15) is 0 Å². The molecule has 29 heavy (non-hydrogen) atoms. The number of ether oxygens (including phenoxy) is 1. The van der Waals surface area contributed by atoms with E-state index < -0.39 is 11.8 Å². The minimum absolute atomic E-state index is 0.0103. The first-order valence-electron chi connectivity index (χ1n) is 8.72. The summed E-state index contributed by atoms with van der Waals surface area (Å²) in [6.07, 6.45) is 1.57. The van der Waals surface area contributed by atoms with Gasteiger partial charge in [-0.05, 0) is 59.6 Å². The Bertz CT molecular complexity index is 1190. The highest BCUT2D eigenvalue weighted by Gasteiger charge is 2.34. The first-order chi connectivity index (χ1) is 14.0. The van der Waals surface area contributed by atoms with Crippen LogP contribution in [-0.2, 0) is 9.59 Å². The van der Waals surface area contributed by atoms with E-state index in [2.05, 4.69) is 5.32 Å². The number of halogens is 1. The molecular formula is C22H15ClN2O3S. The van der Waals surface area contributed by atoms with Gasteiger partial charge in [0.25, 0.3) is 11.8 Å². The van der Waals surface area contributed by atoms with Crippen LogP contribution in [0.5, 0.6) is 5.75 Å². The van der Waals surface area contributed by atoms with Gasteiger partial charge < -0.3 is 4.74 Å². The number of rotatable bonds is 3. The number of thiocarbonyl (C=S) groups is 1. The molecular weight excluding hydrogens is 408 g/mol. The number of methoxy groups -OCH3 is 1. The molecule has 1 N–H and O–H groups in total. The number of amides is 2. The lowest BCUT2D eigenvalue weighted by Gasteiger charge is -2.29. The Morgan fingerprint density at radius 1 is 1.00 bits per heavy atom. The van der Waals surface area contributed by atoms with Crippen LogP contribution < -0.4 is 15.0 Å². The Hall–Kier alpha value is -3.22. The van der Waals surface area contributed by atoms with Crippen LogP contribution in [0.25, 0.3) is 16.8 Å². The molecule has 2 amide bonds. The molecule has 3 aromatic rings. The zero-order valence-electron chi connectivity index (χ0n) is 15.3. The van der Waals surface area contributed by atoms with Crippen molar-refractivity contribution < 1.29 is 14.3 Å². The number of hydrogen-bond acceptors (Lipinski definition) is 4. The Labute approximate surface area is 177 Å². The molecule has 0 aromatic heterocycles. The van der Waals surface area contributed by atoms with Crippen LogP contribution in [0, 0.1) is 0 Å². The molecule has 3 aromatic carbocycles. The second-order valence-electron chi connectivity index (χ2n) is 6.34. The standard InChI is InChI=1S/C22H15ClN2O3S/c1-28-19-11-6-13(16-4-2-3-5-17(16)19)12-18-20(26)24-22(29)25(21(18)27)15-9-7-14(23)8-10-15/h2-12H,1H3,(H,24,26,29)/b18-12+. The minimum Gasteiger partial charge on any atom is -0.496 e. The van der Waals surface area contributed by atoms with Crippen molar-refractivity contribution >= 4 is 63.3 Å². The highest BCUT2D eigenvalue weighted by molar-refractivity contribution is 7.80. The smallest absolute Gasteiger partial charge is 0.270 e. The van der Waals surface area contributed by atoms with Crippen molar-refractivity contribution in [2.45, 2.75) is 0 Å². The molecule has 0 atom stereocenters. The van der Waals surface area contributed by atoms with Crippen LogP contribution in [0.4, 0.5) is 5.69 Å². The van der Waals surface area contributed by atoms with Crippen molar-refractivity contribution in [3.05, 3.63) is 76.8 Å². The Morgan fingerprint density at radius 2 is 1.69 bits per heavy atom. The third-order valence-electron chi connectivity index (χ3n) is 4.62. The molecule has 0 aliphatic carbocycles. The zero-order valence-corrected chi connectivity index (χ0v) is 16.9. The van der Waals surface area contributed by atoms with E-state index in [0.717, 1.165) is 16.3 Å². The monoisotopic (exact) mass is 422 g/mol. The average Bonchev–Trinajstić information content (AvgIpc) is 2.72. The fourth-order valence-corrected chi connectivity index (χ4v) is 3.64. The maximum absolute atomic E-state index is 13.1. The summed E-state index contributed by atoms with van der Waals surface area (Å²) in [7, 11) is 1.60. The molecule has 1 saturated heterocycles. The van der Waals surface area contributed by atoms with E-state index >= 15 is 0 Å². The van der Waals surface area contributed by atoms with Gasteiger partial charge in [0.1, 0.15) is 11.3 Å². The quantitative estimate of drug-likeness (QED) is 0.387. The summed E-state index contributed by atoms with van der Waals surface area (Å²) in [5, 5.41) is 4.90. The first kappa shape index (κ1) is 19.1. The van der Waals surface area contributed by atoms with Crippen molar-refractivity contribution in [2.75, 3.05) is 12.0 Å². The fourth-order valence-electron chi connectivity index (χ4n) is 3.24. The van der Waals surface area contributed by atoms with Crippen LogP contribution >= 0.6 is 23.8 Å². The highest BCUT2D eigenvalue weighted by Crippen LogP contribution is 2.30. The Balaban J connectivity index is 1.82. The van der Waals surface area contributed by atoms with Gasteiger partial charge in [-0.1, -0.05) is 41.9 Å². The molecule has 4 rings (SSSR count). The van der Waals surface area contributed by atoms with Crippen molar-refractivity contribution in [2.24, 2.45) is 0 Å². The van der Waals surface area contributed by atoms with Crippen molar-refractivity contribution in [3.8, 4) is 5.75 Å². The minimum atomic E-state index is -0.537. The van der Waals surface area contributed by atoms with Crippen molar-refractivity contribution in [1.82, 2.24) is 5.32 Å². The zero-order chi connectivity index (χ0) is 20.5. The largest absolute Gasteiger partial charge is 0.496 e. The molecule has 7 heteroatoms. The van der Waals surface area contributed by atoms with Gasteiger partial charge in [0, 0.05) is 10.4 Å². The highest BCUT2D eigenvalue weighted by atomic mass is 35.5. The van der Waals surface area contributed by atoms with Gasteiger partial charge in [-0.3, -0.25) is 19.8 Å². The number of fused-ring (bicyclic) bond motifs is 1. The fraction of sp³-hybridized carbons (Fsp3) is 0.0455. The van der Waals surface area contributed by atoms with E-state index in [0.29, 0.717) is 16.5 Å². The van der Waals surface area contributed by atoms with Crippen LogP contribution in [0.15, 0.2) is 66.2 Å². The molecule has 0 unspecified atom stereocenters. The summed E-state index contributed by atoms with van der Waals surface area (Å²) in [6.45, 7) is 0. The second-order valence-corrected chi connectivity index (χ2v) is 7.16. The molecule has 1 aliphatic rings. The van der Waals surface area contributed by atoms with E-state index in [1.807, 2.05) is 36.4 Å². The Morgan fingerprint density at radius 3 is 2.38 bits per heavy atom. The lowest BCUT2D eigenvalue weighted by Crippen LogP contribution is -2.54. The third kappa shape index (κ3) is 3.48. The molecule has 0 bridgehead atoms. The van der Waals surface area contributed by atoms with E-state index in [-0.39, 0.29) is 10.7 Å². The number of carbonyl (C=O) groups excluding carboxylic acids is 2. The van der Waals surface area contributed by atoms with E-state index in [4.69, 9.17) is 28.6 Å². The van der Waals surface area contributed by atoms with E-state index in [1.54, 1.807) is 37.5 Å². The molecule has 0 radical (unpaired) electrons. The number of carbonyl (C=O) groups is 2. The normalized spacial score (nSPS) is 15.7. The summed E-state index contributed by atoms with van der Waals surface area (Å²) < 4.78 is 5.41. The number of hydrogen-bond donors (Lipinski definition) is 1. The topological polar surface area (TPSA) is 58.6 Å². The maximum Gasteiger partial charge on any atom is 0.270 e. The number of benzene rings is 3. The predicted molar refractivity (Wildman–Crippen MR) is 118 cm³/mol. The van der Waals surface area contributed by atoms with Gasteiger partial charge >= 0.3 is 0 Å². The van der Waals surface area contributed by atoms with Gasteiger partial charge in [-0.25, -0.2) is 0 Å². The van der Waals surface area contributed by atoms with Crippen LogP contribution in [0.1, 0.15) is 5.56 Å². The van der Waals surface area contributed by atoms with Crippen LogP contribution in [0.2, 0.25) is 5.02 Å². The molecule has 1 heterocycles. The van der Waals surface area contributed by atoms with Gasteiger partial charge in [0.15, 0.2) is 5.11 Å². The summed E-state index contributed by atoms with van der Waals surface area (Å²) in [5.74, 6) is -0.322. The first-order valence-corrected chi connectivity index (χ1v) is 9.51. The number of nitrogens with one attached hydrogen (secondary N) is 1. The molecule has 0 spiro atoms. The Kier molecular flexibility index (Phi) is 5.05. The molecule has 5 nitrogen and oxygen atoms in total. The van der Waals surface area contributed by atoms with E-state index in [1.165, 1.54) is 4.90 Å². The number of nitrogens with zero attached hydrogens (tertiary/aromatic N) is 1. The lowest BCUT2D eigenvalue weighted by molar-refractivity contribution is -0.122. The SMILES string of the molecule is COc1ccc(/C=C2\C(=O)NC(=S)N(c3ccc(Cl)cc3)C2=O)c2ccccc12. The van der Waals surface area contributed by atoms with Gasteiger partial charge in [-0.15, -0.1) is 0 Å². The third-order valence-corrected chi connectivity index (χ3v) is 5.16. The lowest BCUT2D eigenvalue weighted by atomic mass is 10.00. The molecule has 1 fully saturated rings. The maximum atomic E-state index is 13.1. The van der Waals surface area contributed by atoms with Gasteiger partial charge in [0.2, 0.25) is 0 Å². The summed E-state index contributed by atoms with van der Waals surface area (Å²) in [4.78, 5) is 27.0. The van der Waals surface area contributed by atoms with Crippen LogP contribution in [-0.4, -0.2) is 24.0 Å². The van der Waals surface area contributed by atoms with Crippen molar-refractivity contribution in [3.63, 3.8) is 0 Å².